The molecule has 0 amide bonds. The summed E-state index contributed by atoms with van der Waals surface area (Å²) in [6.45, 7) is 1.86. The Morgan fingerprint density at radius 2 is 1.67 bits per heavy atom. The van der Waals surface area contributed by atoms with Crippen molar-refractivity contribution < 1.29 is 18.3 Å². The molecule has 0 unspecified atom stereocenters. The minimum absolute atomic E-state index is 0.109. The molecule has 0 radical (unpaired) electrons. The van der Waals surface area contributed by atoms with Crippen LogP contribution >= 0.6 is 0 Å². The number of benzene rings is 1. The average Bonchev–Trinajstić information content (AvgIpc) is 2.80. The summed E-state index contributed by atoms with van der Waals surface area (Å²) in [5.74, 6) is -1.22. The van der Waals surface area contributed by atoms with Gasteiger partial charge in [0.1, 0.15) is 0 Å². The fourth-order valence-corrected chi connectivity index (χ4v) is 4.49. The second kappa shape index (κ2) is 4.39. The lowest BCUT2D eigenvalue weighted by Crippen LogP contribution is -2.43. The van der Waals surface area contributed by atoms with Gasteiger partial charge in [0, 0.05) is 0 Å². The zero-order valence-corrected chi connectivity index (χ0v) is 11.0. The Morgan fingerprint density at radius 3 is 2.11 bits per heavy atom. The van der Waals surface area contributed by atoms with E-state index in [4.69, 9.17) is 0 Å². The van der Waals surface area contributed by atoms with E-state index in [1.165, 1.54) is 12.1 Å². The quantitative estimate of drug-likeness (QED) is 0.912. The largest absolute Gasteiger partial charge is 0.480 e. The third-order valence-corrected chi connectivity index (χ3v) is 6.15. The van der Waals surface area contributed by atoms with Crippen molar-refractivity contribution in [2.24, 2.45) is 0 Å². The highest BCUT2D eigenvalue weighted by Gasteiger charge is 2.53. The zero-order chi connectivity index (χ0) is 13.4. The number of rotatable bonds is 3. The molecule has 18 heavy (non-hydrogen) atoms. The Morgan fingerprint density at radius 1 is 1.17 bits per heavy atom. The van der Waals surface area contributed by atoms with Crippen LogP contribution in [0.5, 0.6) is 0 Å². The lowest BCUT2D eigenvalue weighted by atomic mass is 10.1. The molecule has 1 aromatic carbocycles. The molecule has 0 aromatic heterocycles. The lowest BCUT2D eigenvalue weighted by Gasteiger charge is -2.23. The molecule has 2 rings (SSSR count). The molecule has 0 saturated heterocycles. The maximum Gasteiger partial charge on any atom is 0.325 e. The van der Waals surface area contributed by atoms with E-state index in [0.29, 0.717) is 12.8 Å². The number of hydrogen-bond acceptors (Lipinski definition) is 3. The van der Waals surface area contributed by atoms with E-state index in [1.54, 1.807) is 12.1 Å². The summed E-state index contributed by atoms with van der Waals surface area (Å²) < 4.78 is 23.4. The van der Waals surface area contributed by atoms with Crippen molar-refractivity contribution in [2.75, 3.05) is 0 Å². The summed E-state index contributed by atoms with van der Waals surface area (Å²) in [6.07, 6.45) is 1.71. The van der Waals surface area contributed by atoms with Gasteiger partial charge in [-0.1, -0.05) is 30.5 Å². The zero-order valence-electron chi connectivity index (χ0n) is 10.2. The van der Waals surface area contributed by atoms with Crippen molar-refractivity contribution in [1.29, 1.82) is 0 Å². The van der Waals surface area contributed by atoms with Gasteiger partial charge in [-0.25, -0.2) is 8.42 Å². The number of hydrogen-bond donors (Lipinski definition) is 1. The highest BCUT2D eigenvalue weighted by atomic mass is 32.2. The summed E-state index contributed by atoms with van der Waals surface area (Å²) in [4.78, 5) is 11.5. The number of carbonyl (C=O) groups is 1. The molecule has 5 heteroatoms. The summed E-state index contributed by atoms with van der Waals surface area (Å²) >= 11 is 0. The fourth-order valence-electron chi connectivity index (χ4n) is 2.49. The topological polar surface area (TPSA) is 71.4 Å². The first-order valence-electron chi connectivity index (χ1n) is 5.95. The molecule has 1 aliphatic carbocycles. The molecule has 0 atom stereocenters. The molecule has 1 saturated carbocycles. The number of aryl methyl sites for hydroxylation is 1. The molecular weight excluding hydrogens is 252 g/mol. The third-order valence-electron chi connectivity index (χ3n) is 3.65. The Balaban J connectivity index is 2.53. The van der Waals surface area contributed by atoms with E-state index in [-0.39, 0.29) is 17.7 Å². The fraction of sp³-hybridized carbons (Fsp3) is 0.462. The summed E-state index contributed by atoms with van der Waals surface area (Å²) in [5, 5.41) is 9.34. The van der Waals surface area contributed by atoms with Crippen LogP contribution in [0, 0.1) is 6.92 Å². The SMILES string of the molecule is Cc1ccc(S(=O)(=O)C2(C(=O)O)CCCC2)cc1. The van der Waals surface area contributed by atoms with Gasteiger partial charge < -0.3 is 5.11 Å². The number of carboxylic acids is 1. The van der Waals surface area contributed by atoms with Gasteiger partial charge in [0.25, 0.3) is 0 Å². The predicted molar refractivity (Wildman–Crippen MR) is 67.2 cm³/mol. The van der Waals surface area contributed by atoms with E-state index < -0.39 is 20.6 Å². The second-order valence-corrected chi connectivity index (χ2v) is 7.08. The minimum Gasteiger partial charge on any atom is -0.480 e. The standard InChI is InChI=1S/C13H16O4S/c1-10-4-6-11(7-5-10)18(16,17)13(12(14)15)8-2-3-9-13/h4-7H,2-3,8-9H2,1H3,(H,14,15). The van der Waals surface area contributed by atoms with Crippen molar-refractivity contribution in [3.8, 4) is 0 Å². The second-order valence-electron chi connectivity index (χ2n) is 4.82. The normalized spacial score (nSPS) is 18.7. The van der Waals surface area contributed by atoms with Gasteiger partial charge in [0.2, 0.25) is 0 Å². The first-order valence-corrected chi connectivity index (χ1v) is 7.43. The molecule has 4 nitrogen and oxygen atoms in total. The molecule has 98 valence electrons. The number of sulfone groups is 1. The summed E-state index contributed by atoms with van der Waals surface area (Å²) in [7, 11) is -3.82. The van der Waals surface area contributed by atoms with Crippen LogP contribution in [0.2, 0.25) is 0 Å². The van der Waals surface area contributed by atoms with Crippen molar-refractivity contribution in [3.05, 3.63) is 29.8 Å². The van der Waals surface area contributed by atoms with Crippen LogP contribution in [-0.2, 0) is 14.6 Å². The number of aliphatic carboxylic acids is 1. The molecule has 0 spiro atoms. The Hall–Kier alpha value is -1.36. The van der Waals surface area contributed by atoms with Crippen molar-refractivity contribution in [3.63, 3.8) is 0 Å². The van der Waals surface area contributed by atoms with Crippen LogP contribution < -0.4 is 0 Å². The first-order chi connectivity index (χ1) is 8.40. The van der Waals surface area contributed by atoms with Crippen LogP contribution in [0.3, 0.4) is 0 Å². The van der Waals surface area contributed by atoms with Gasteiger partial charge in [-0.2, -0.15) is 0 Å². The summed E-state index contributed by atoms with van der Waals surface area (Å²) in [5.41, 5.74) is 0.949. The smallest absolute Gasteiger partial charge is 0.325 e. The van der Waals surface area contributed by atoms with Gasteiger partial charge >= 0.3 is 5.97 Å². The molecule has 1 aromatic rings. The highest BCUT2D eigenvalue weighted by molar-refractivity contribution is 7.93. The van der Waals surface area contributed by atoms with Gasteiger partial charge in [-0.05, 0) is 31.9 Å². The van der Waals surface area contributed by atoms with Crippen LogP contribution in [0.25, 0.3) is 0 Å². The van der Waals surface area contributed by atoms with Crippen LogP contribution in [-0.4, -0.2) is 24.2 Å². The molecular formula is C13H16O4S. The van der Waals surface area contributed by atoms with Crippen LogP contribution in [0.15, 0.2) is 29.2 Å². The van der Waals surface area contributed by atoms with E-state index in [0.717, 1.165) is 5.56 Å². The first kappa shape index (κ1) is 13.1. The van der Waals surface area contributed by atoms with Crippen molar-refractivity contribution in [1.82, 2.24) is 0 Å². The lowest BCUT2D eigenvalue weighted by molar-refractivity contribution is -0.139. The van der Waals surface area contributed by atoms with Gasteiger partial charge in [0.05, 0.1) is 4.90 Å². The molecule has 0 heterocycles. The predicted octanol–water partition coefficient (Wildman–Crippen LogP) is 2.17. The van der Waals surface area contributed by atoms with E-state index in [2.05, 4.69) is 0 Å². The molecule has 0 bridgehead atoms. The number of carboxylic acid groups (broad SMARTS) is 1. The highest BCUT2D eigenvalue weighted by Crippen LogP contribution is 2.40. The summed E-state index contributed by atoms with van der Waals surface area (Å²) in [6, 6.07) is 6.37. The van der Waals surface area contributed by atoms with Crippen LogP contribution in [0.1, 0.15) is 31.2 Å². The minimum atomic E-state index is -3.82. The maximum atomic E-state index is 12.5. The van der Waals surface area contributed by atoms with Gasteiger partial charge in [-0.15, -0.1) is 0 Å². The Bertz CT molecular complexity index is 551. The van der Waals surface area contributed by atoms with Crippen molar-refractivity contribution in [2.45, 2.75) is 42.2 Å². The van der Waals surface area contributed by atoms with E-state index in [9.17, 15) is 18.3 Å². The average molecular weight is 268 g/mol. The van der Waals surface area contributed by atoms with Gasteiger partial charge in [-0.3, -0.25) is 4.79 Å². The molecule has 1 aliphatic rings. The Labute approximate surface area is 107 Å². The van der Waals surface area contributed by atoms with Gasteiger partial charge in [0.15, 0.2) is 14.6 Å². The monoisotopic (exact) mass is 268 g/mol. The van der Waals surface area contributed by atoms with Crippen LogP contribution in [0.4, 0.5) is 0 Å². The maximum absolute atomic E-state index is 12.5. The molecule has 1 N–H and O–H groups in total. The van der Waals surface area contributed by atoms with E-state index >= 15 is 0 Å². The van der Waals surface area contributed by atoms with E-state index in [1.807, 2.05) is 6.92 Å². The Kier molecular flexibility index (Phi) is 3.19. The molecule has 1 fully saturated rings. The third kappa shape index (κ3) is 1.82. The molecule has 0 aliphatic heterocycles. The van der Waals surface area contributed by atoms with Crippen molar-refractivity contribution >= 4 is 15.8 Å².